The van der Waals surface area contributed by atoms with Gasteiger partial charge in [0, 0.05) is 29.8 Å². The van der Waals surface area contributed by atoms with Gasteiger partial charge in [-0.25, -0.2) is 0 Å². The van der Waals surface area contributed by atoms with Crippen LogP contribution in [0.2, 0.25) is 0 Å². The molecule has 5 nitrogen and oxygen atoms in total. The highest BCUT2D eigenvalue weighted by Gasteiger charge is 2.50. The van der Waals surface area contributed by atoms with Crippen molar-refractivity contribution in [3.8, 4) is 0 Å². The number of hydrogen-bond acceptors (Lipinski definition) is 4. The molecule has 2 rings (SSSR count). The Morgan fingerprint density at radius 3 is 2.58 bits per heavy atom. The van der Waals surface area contributed by atoms with Crippen molar-refractivity contribution >= 4 is 22.0 Å². The summed E-state index contributed by atoms with van der Waals surface area (Å²) in [6.45, 7) is -0.240. The van der Waals surface area contributed by atoms with Gasteiger partial charge in [-0.2, -0.15) is 25.5 Å². The van der Waals surface area contributed by atoms with E-state index in [-0.39, 0.29) is 24.3 Å². The minimum absolute atomic E-state index is 0.0224. The molecular weight excluding hydrogens is 345 g/mol. The van der Waals surface area contributed by atoms with E-state index in [2.05, 4.69) is 0 Å². The lowest BCUT2D eigenvalue weighted by Gasteiger charge is -2.34. The number of quaternary nitrogens is 1. The van der Waals surface area contributed by atoms with E-state index in [0.29, 0.717) is 11.9 Å². The zero-order valence-electron chi connectivity index (χ0n) is 12.5. The summed E-state index contributed by atoms with van der Waals surface area (Å²) in [7, 11) is -4.71. The van der Waals surface area contributed by atoms with Crippen molar-refractivity contribution in [1.29, 1.82) is 0 Å². The highest BCUT2D eigenvalue weighted by molar-refractivity contribution is 7.91. The number of aldehydes is 1. The number of alkyl halides is 3. The lowest BCUT2D eigenvalue weighted by atomic mass is 10.1. The van der Waals surface area contributed by atoms with Crippen LogP contribution in [0.3, 0.4) is 0 Å². The first-order valence-corrected chi connectivity index (χ1v) is 8.56. The molecule has 1 aromatic carbocycles. The lowest BCUT2D eigenvalue weighted by Crippen LogP contribution is -2.54. The van der Waals surface area contributed by atoms with Gasteiger partial charge in [-0.3, -0.25) is 4.79 Å². The molecule has 130 valence electrons. The molecular formula is C15H16F3N2O3S+. The fourth-order valence-electron chi connectivity index (χ4n) is 2.53. The normalized spacial score (nSPS) is 21.4. The van der Waals surface area contributed by atoms with Crippen LogP contribution in [0.15, 0.2) is 48.2 Å². The molecule has 0 amide bonds. The third-order valence-electron chi connectivity index (χ3n) is 3.60. The highest BCUT2D eigenvalue weighted by atomic mass is 32.2. The lowest BCUT2D eigenvalue weighted by molar-refractivity contribution is -0.106. The second-order valence-electron chi connectivity index (χ2n) is 5.34. The van der Waals surface area contributed by atoms with Gasteiger partial charge >= 0.3 is 16.2 Å². The third-order valence-corrected chi connectivity index (χ3v) is 5.75. The molecule has 24 heavy (non-hydrogen) atoms. The van der Waals surface area contributed by atoms with Crippen molar-refractivity contribution in [2.45, 2.75) is 6.18 Å². The smallest absolute Gasteiger partial charge is 0.326 e. The summed E-state index contributed by atoms with van der Waals surface area (Å²) in [6, 6.07) is 5.52. The third kappa shape index (κ3) is 3.58. The molecule has 1 aromatic rings. The zero-order valence-corrected chi connectivity index (χ0v) is 13.3. The Morgan fingerprint density at radius 2 is 2.00 bits per heavy atom. The molecule has 0 radical (unpaired) electrons. The number of rotatable bonds is 5. The van der Waals surface area contributed by atoms with Gasteiger partial charge in [-0.05, 0) is 6.08 Å². The van der Waals surface area contributed by atoms with Crippen LogP contribution >= 0.6 is 0 Å². The summed E-state index contributed by atoms with van der Waals surface area (Å²) in [5.41, 5.74) is 6.14. The first kappa shape index (κ1) is 18.4. The van der Waals surface area contributed by atoms with Gasteiger partial charge in [0.25, 0.3) is 0 Å². The van der Waals surface area contributed by atoms with Gasteiger partial charge < -0.3 is 5.73 Å². The summed E-state index contributed by atoms with van der Waals surface area (Å²) in [5.74, 6) is -1.98. The standard InChI is InChI=1S/C15H16F3N2O3S/c16-15(17,18)11-24(22,23)20(6-2-4-13(8-19)9-20)14-5-1-3-12(7-14)10-21/h1-5,7,9-10H,6,8,11,19H2/q+1. The molecule has 9 heteroatoms. The number of hydrogen-bond donors (Lipinski definition) is 1. The molecule has 1 aliphatic heterocycles. The van der Waals surface area contributed by atoms with E-state index in [1.807, 2.05) is 0 Å². The maximum absolute atomic E-state index is 12.8. The molecule has 0 fully saturated rings. The Labute approximate surface area is 137 Å². The van der Waals surface area contributed by atoms with Gasteiger partial charge in [0.1, 0.15) is 19.0 Å². The Balaban J connectivity index is 2.69. The molecule has 1 atom stereocenters. The summed E-state index contributed by atoms with van der Waals surface area (Å²) in [4.78, 5) is 11.0. The van der Waals surface area contributed by atoms with Gasteiger partial charge in [0.15, 0.2) is 11.4 Å². The van der Waals surface area contributed by atoms with Crippen molar-refractivity contribution < 1.29 is 26.4 Å². The van der Waals surface area contributed by atoms with Crippen LogP contribution in [0.25, 0.3) is 0 Å². The maximum Gasteiger partial charge on any atom is 0.408 e. The number of nitrogens with zero attached hydrogens (tertiary/aromatic N) is 1. The average molecular weight is 361 g/mol. The fourth-order valence-corrected chi connectivity index (χ4v) is 4.22. The number of halogens is 3. The van der Waals surface area contributed by atoms with Gasteiger partial charge in [0.05, 0.1) is 0 Å². The van der Waals surface area contributed by atoms with Crippen LogP contribution in [0.4, 0.5) is 18.9 Å². The minimum atomic E-state index is -4.88. The van der Waals surface area contributed by atoms with Gasteiger partial charge in [-0.15, -0.1) is 0 Å². The molecule has 1 heterocycles. The monoisotopic (exact) mass is 361 g/mol. The van der Waals surface area contributed by atoms with Crippen molar-refractivity contribution in [2.75, 3.05) is 18.8 Å². The predicted octanol–water partition coefficient (Wildman–Crippen LogP) is 2.11. The maximum atomic E-state index is 12.8. The van der Waals surface area contributed by atoms with Crippen molar-refractivity contribution in [1.82, 2.24) is 3.89 Å². The van der Waals surface area contributed by atoms with Crippen LogP contribution in [-0.4, -0.2) is 39.7 Å². The second kappa shape index (κ2) is 6.50. The first-order valence-electron chi connectivity index (χ1n) is 6.95. The van der Waals surface area contributed by atoms with E-state index in [1.54, 1.807) is 6.08 Å². The van der Waals surface area contributed by atoms with Crippen LogP contribution in [0.1, 0.15) is 10.4 Å². The molecule has 0 aromatic heterocycles. The van der Waals surface area contributed by atoms with E-state index in [9.17, 15) is 26.4 Å². The number of nitrogens with two attached hydrogens (primary N) is 1. The van der Waals surface area contributed by atoms with Gasteiger partial charge in [-0.1, -0.05) is 18.2 Å². The predicted molar refractivity (Wildman–Crippen MR) is 84.6 cm³/mol. The largest absolute Gasteiger partial charge is 0.408 e. The molecule has 0 saturated carbocycles. The van der Waals surface area contributed by atoms with E-state index in [0.717, 1.165) is 0 Å². The number of benzene rings is 1. The van der Waals surface area contributed by atoms with E-state index in [4.69, 9.17) is 5.73 Å². The highest BCUT2D eigenvalue weighted by Crippen LogP contribution is 2.35. The van der Waals surface area contributed by atoms with E-state index in [1.165, 1.54) is 36.5 Å². The van der Waals surface area contributed by atoms with Crippen LogP contribution in [0, 0.1) is 0 Å². The van der Waals surface area contributed by atoms with Crippen LogP contribution < -0.4 is 9.62 Å². The molecule has 1 unspecified atom stereocenters. The van der Waals surface area contributed by atoms with Crippen molar-refractivity contribution in [2.24, 2.45) is 5.73 Å². The second-order valence-corrected chi connectivity index (χ2v) is 7.45. The molecule has 0 saturated heterocycles. The molecule has 0 bridgehead atoms. The summed E-state index contributed by atoms with van der Waals surface area (Å²) in [5, 5.41) is 0. The fraction of sp³-hybridized carbons (Fsp3) is 0.267. The van der Waals surface area contributed by atoms with Crippen molar-refractivity contribution in [3.05, 3.63) is 53.8 Å². The Hall–Kier alpha value is -1.97. The van der Waals surface area contributed by atoms with Gasteiger partial charge in [0.2, 0.25) is 0 Å². The average Bonchev–Trinajstić information content (AvgIpc) is 2.52. The molecule has 1 aliphatic rings. The molecule has 0 spiro atoms. The number of carbonyl (C=O) groups excluding carboxylic acids is 1. The SMILES string of the molecule is NCC1=C[N+](c2cccc(C=O)c2)(S(=O)(=O)CC(F)(F)F)CC=C1. The zero-order chi connectivity index (χ0) is 18.0. The Morgan fingerprint density at radius 1 is 1.29 bits per heavy atom. The molecule has 0 aliphatic carbocycles. The number of sulfonamides is 1. The Kier molecular flexibility index (Phi) is 4.97. The summed E-state index contributed by atoms with van der Waals surface area (Å²) < 4.78 is 62.6. The van der Waals surface area contributed by atoms with E-state index >= 15 is 0 Å². The van der Waals surface area contributed by atoms with Crippen LogP contribution in [-0.2, 0) is 10.0 Å². The topological polar surface area (TPSA) is 77.2 Å². The first-order chi connectivity index (χ1) is 11.1. The van der Waals surface area contributed by atoms with Crippen LogP contribution in [0.5, 0.6) is 0 Å². The van der Waals surface area contributed by atoms with E-state index < -0.39 is 25.8 Å². The quantitative estimate of drug-likeness (QED) is 0.644. The molecule has 2 N–H and O–H groups in total. The summed E-state index contributed by atoms with van der Waals surface area (Å²) >= 11 is 0. The number of carbonyl (C=O) groups is 1. The minimum Gasteiger partial charge on any atom is -0.326 e. The summed E-state index contributed by atoms with van der Waals surface area (Å²) in [6.07, 6.45) is -0.147. The van der Waals surface area contributed by atoms with Crippen molar-refractivity contribution in [3.63, 3.8) is 0 Å². The Bertz CT molecular complexity index is 800.